The molecule has 2 heterocycles. The summed E-state index contributed by atoms with van der Waals surface area (Å²) < 4.78 is 23.1. The van der Waals surface area contributed by atoms with Crippen LogP contribution in [-0.4, -0.2) is 55.4 Å². The van der Waals surface area contributed by atoms with E-state index in [0.29, 0.717) is 27.5 Å². The van der Waals surface area contributed by atoms with Gasteiger partial charge in [0, 0.05) is 46.4 Å². The maximum Gasteiger partial charge on any atom is 0.264 e. The monoisotopic (exact) mass is 713 g/mol. The van der Waals surface area contributed by atoms with Crippen molar-refractivity contribution < 1.29 is 28.3 Å². The predicted octanol–water partition coefficient (Wildman–Crippen LogP) is 7.33. The second kappa shape index (κ2) is 14.5. The number of aliphatic hydroxyl groups excluding tert-OH is 1. The molecule has 0 unspecified atom stereocenters. The predicted molar refractivity (Wildman–Crippen MR) is 195 cm³/mol. The van der Waals surface area contributed by atoms with Crippen LogP contribution < -0.4 is 10.2 Å². The van der Waals surface area contributed by atoms with E-state index in [2.05, 4.69) is 5.32 Å². The Labute approximate surface area is 298 Å². The van der Waals surface area contributed by atoms with Gasteiger partial charge in [0.25, 0.3) is 11.8 Å². The Morgan fingerprint density at radius 2 is 1.64 bits per heavy atom. The number of fused-ring (bicyclic) bond motifs is 2. The van der Waals surface area contributed by atoms with E-state index in [1.54, 1.807) is 77.5 Å². The maximum absolute atomic E-state index is 16.4. The molecule has 50 heavy (non-hydrogen) atoms. The molecule has 3 amide bonds. The number of carbonyl (C=O) groups is 3. The summed E-state index contributed by atoms with van der Waals surface area (Å²) in [6.07, 6.45) is -1.01. The molecule has 8 nitrogen and oxygen atoms in total. The Morgan fingerprint density at radius 1 is 0.980 bits per heavy atom. The number of hydrogen-bond donors (Lipinski definition) is 2. The highest BCUT2D eigenvalue weighted by molar-refractivity contribution is 6.72. The van der Waals surface area contributed by atoms with Gasteiger partial charge in [-0.3, -0.25) is 14.4 Å². The van der Waals surface area contributed by atoms with Crippen LogP contribution in [0.25, 0.3) is 0 Å². The van der Waals surface area contributed by atoms with E-state index in [1.165, 1.54) is 0 Å². The average molecular weight is 714 g/mol. The van der Waals surface area contributed by atoms with Gasteiger partial charge in [-0.25, -0.2) is 0 Å². The van der Waals surface area contributed by atoms with Crippen molar-refractivity contribution in [2.24, 2.45) is 5.92 Å². The van der Waals surface area contributed by atoms with Gasteiger partial charge >= 0.3 is 0 Å². The van der Waals surface area contributed by atoms with Crippen molar-refractivity contribution in [2.45, 2.75) is 56.8 Å². The molecular formula is C39H41ClFN3O5Si. The van der Waals surface area contributed by atoms with Crippen molar-refractivity contribution in [3.8, 4) is 0 Å². The molecule has 0 aromatic heterocycles. The summed E-state index contributed by atoms with van der Waals surface area (Å²) in [5, 5.41) is 13.1. The van der Waals surface area contributed by atoms with Crippen molar-refractivity contribution in [1.29, 1.82) is 0 Å². The first-order chi connectivity index (χ1) is 23.9. The lowest BCUT2D eigenvalue weighted by Crippen LogP contribution is -2.45. The molecule has 2 aliphatic rings. The highest BCUT2D eigenvalue weighted by atomic mass is 35.5. The average Bonchev–Trinajstić information content (AvgIpc) is 3.52. The molecule has 2 N–H and O–H groups in total. The van der Waals surface area contributed by atoms with E-state index >= 15 is 4.11 Å². The summed E-state index contributed by atoms with van der Waals surface area (Å²) >= 11 is 6.52. The third-order valence-corrected chi connectivity index (χ3v) is 12.5. The topological polar surface area (TPSA) is 99.2 Å². The summed E-state index contributed by atoms with van der Waals surface area (Å²) in [5.41, 5.74) is 1.81. The fraction of sp³-hybridized carbons (Fsp3) is 0.308. The van der Waals surface area contributed by atoms with Crippen LogP contribution in [0.15, 0.2) is 103 Å². The Morgan fingerprint density at radius 3 is 2.28 bits per heavy atom. The minimum atomic E-state index is -3.53. The molecule has 1 fully saturated rings. The smallest absolute Gasteiger partial charge is 0.264 e. The number of carbonyl (C=O) groups excluding carboxylic acids is 3. The Bertz CT molecular complexity index is 1860. The van der Waals surface area contributed by atoms with Crippen LogP contribution in [-0.2, 0) is 33.0 Å². The van der Waals surface area contributed by atoms with E-state index in [1.807, 2.05) is 55.5 Å². The highest BCUT2D eigenvalue weighted by Crippen LogP contribution is 2.60. The van der Waals surface area contributed by atoms with Gasteiger partial charge in [-0.2, -0.15) is 0 Å². The van der Waals surface area contributed by atoms with E-state index in [9.17, 15) is 19.5 Å². The standard InChI is InChI=1S/C39H41ClFN3O5Si/c1-26-36(50(2,3)41)34(23-35(46)43(20-21-45)24-27-10-6-4-7-11-27)49-39(26)32-22-30(40)16-19-33(32)44(38(39)48)25-28-14-17-31(18-15-28)42-37(47)29-12-8-5-9-13-29/h4-19,22,26,34,36,45H,20-21,23-25H2,1-3H3,(H,42,47)/t26-,34+,36-,39+/m0/s1. The summed E-state index contributed by atoms with van der Waals surface area (Å²) in [5.74, 6) is -1.45. The van der Waals surface area contributed by atoms with Gasteiger partial charge in [0.1, 0.15) is 0 Å². The largest absolute Gasteiger partial charge is 0.395 e. The molecule has 4 atom stereocenters. The molecule has 6 rings (SSSR count). The number of nitrogens with one attached hydrogen (secondary N) is 1. The summed E-state index contributed by atoms with van der Waals surface area (Å²) in [6.45, 7) is 5.41. The number of hydrogen-bond acceptors (Lipinski definition) is 5. The van der Waals surface area contributed by atoms with Crippen molar-refractivity contribution >= 4 is 49.1 Å². The minimum absolute atomic E-state index is 0.113. The SMILES string of the molecule is C[C@H]1[C@H]([Si](C)(C)F)[C@@H](CC(=O)N(CCO)Cc2ccccc2)O[C@]12C(=O)N(Cc1ccc(NC(=O)c3ccccc3)cc1)c1ccc(Cl)cc12. The van der Waals surface area contributed by atoms with Gasteiger partial charge in [0.05, 0.1) is 31.4 Å². The number of ether oxygens (including phenoxy) is 1. The third-order valence-electron chi connectivity index (χ3n) is 9.83. The number of anilines is 2. The van der Waals surface area contributed by atoms with Crippen molar-refractivity contribution in [3.63, 3.8) is 0 Å². The van der Waals surface area contributed by atoms with Gasteiger partial charge in [-0.05, 0) is 66.7 Å². The Kier molecular flexibility index (Phi) is 10.3. The van der Waals surface area contributed by atoms with E-state index in [4.69, 9.17) is 16.3 Å². The van der Waals surface area contributed by atoms with Crippen LogP contribution in [0.1, 0.15) is 40.4 Å². The highest BCUT2D eigenvalue weighted by Gasteiger charge is 2.67. The van der Waals surface area contributed by atoms with Crippen molar-refractivity contribution in [3.05, 3.63) is 130 Å². The minimum Gasteiger partial charge on any atom is -0.395 e. The number of amides is 3. The van der Waals surface area contributed by atoms with Gasteiger partial charge in [-0.1, -0.05) is 79.2 Å². The lowest BCUT2D eigenvalue weighted by molar-refractivity contribution is -0.150. The Balaban J connectivity index is 1.27. The summed E-state index contributed by atoms with van der Waals surface area (Å²) in [7, 11) is -3.53. The quantitative estimate of drug-likeness (QED) is 0.125. The van der Waals surface area contributed by atoms with E-state index in [0.717, 1.165) is 11.1 Å². The molecule has 0 aliphatic carbocycles. The molecule has 11 heteroatoms. The maximum atomic E-state index is 16.4. The molecule has 0 saturated carbocycles. The third kappa shape index (κ3) is 6.98. The second-order valence-corrected chi connectivity index (χ2v) is 17.8. The number of halogens is 2. The zero-order valence-electron chi connectivity index (χ0n) is 28.3. The van der Waals surface area contributed by atoms with Gasteiger partial charge in [0.2, 0.25) is 14.3 Å². The van der Waals surface area contributed by atoms with Gasteiger partial charge in [-0.15, -0.1) is 0 Å². The fourth-order valence-corrected chi connectivity index (χ4v) is 10.2. The first-order valence-electron chi connectivity index (χ1n) is 16.8. The lowest BCUT2D eigenvalue weighted by atomic mass is 9.82. The van der Waals surface area contributed by atoms with Crippen molar-refractivity contribution in [1.82, 2.24) is 4.90 Å². The first-order valence-corrected chi connectivity index (χ1v) is 20.1. The molecule has 0 bridgehead atoms. The second-order valence-electron chi connectivity index (χ2n) is 13.6. The number of nitrogens with zero attached hydrogens (tertiary/aromatic N) is 2. The number of benzene rings is 4. The van der Waals surface area contributed by atoms with E-state index < -0.39 is 31.6 Å². The zero-order valence-corrected chi connectivity index (χ0v) is 30.1. The van der Waals surface area contributed by atoms with Crippen LogP contribution in [0.4, 0.5) is 15.5 Å². The fourth-order valence-electron chi connectivity index (χ4n) is 7.56. The lowest BCUT2D eigenvalue weighted by Gasteiger charge is -2.31. The van der Waals surface area contributed by atoms with Crippen LogP contribution in [0.5, 0.6) is 0 Å². The normalized spacial score (nSPS) is 21.4. The molecule has 4 aromatic carbocycles. The molecule has 1 saturated heterocycles. The van der Waals surface area contributed by atoms with Crippen LogP contribution in [0, 0.1) is 5.92 Å². The van der Waals surface area contributed by atoms with Crippen molar-refractivity contribution in [2.75, 3.05) is 23.4 Å². The zero-order chi connectivity index (χ0) is 35.6. The summed E-state index contributed by atoms with van der Waals surface area (Å²) in [6, 6.07) is 30.9. The van der Waals surface area contributed by atoms with Crippen LogP contribution in [0.2, 0.25) is 23.7 Å². The van der Waals surface area contributed by atoms with Crippen LogP contribution >= 0.6 is 11.6 Å². The van der Waals surface area contributed by atoms with Crippen LogP contribution in [0.3, 0.4) is 0 Å². The van der Waals surface area contributed by atoms with Gasteiger partial charge in [0.15, 0.2) is 5.60 Å². The molecule has 4 aromatic rings. The Hall–Kier alpha value is -4.35. The molecular weight excluding hydrogens is 673 g/mol. The molecule has 0 radical (unpaired) electrons. The molecule has 260 valence electrons. The van der Waals surface area contributed by atoms with Gasteiger partial charge < -0.3 is 29.1 Å². The molecule has 2 aliphatic heterocycles. The van der Waals surface area contributed by atoms with E-state index in [-0.39, 0.29) is 50.4 Å². The number of aliphatic hydroxyl groups is 1. The first kappa shape index (κ1) is 35.5. The summed E-state index contributed by atoms with van der Waals surface area (Å²) in [4.78, 5) is 44.4. The number of rotatable bonds is 11. The molecule has 1 spiro atoms.